The highest BCUT2D eigenvalue weighted by Crippen LogP contribution is 2.23. The zero-order chi connectivity index (χ0) is 13.1. The molecule has 6 heteroatoms. The van der Waals surface area contributed by atoms with Crippen LogP contribution in [0.25, 0.3) is 0 Å². The van der Waals surface area contributed by atoms with E-state index in [0.29, 0.717) is 12.2 Å². The van der Waals surface area contributed by atoms with Gasteiger partial charge in [0, 0.05) is 19.3 Å². The standard InChI is InChI=1S/C12H15N3O3/c1-8-6-15(7-10(8)11(16)17)12(18)14-9-3-2-4-13-5-9/h2-5,8,10H,6-7H2,1H3,(H,14,18)(H,16,17). The van der Waals surface area contributed by atoms with E-state index < -0.39 is 11.9 Å². The monoisotopic (exact) mass is 249 g/mol. The summed E-state index contributed by atoms with van der Waals surface area (Å²) in [5.74, 6) is -1.36. The maximum Gasteiger partial charge on any atom is 0.321 e. The van der Waals surface area contributed by atoms with E-state index in [-0.39, 0.29) is 18.5 Å². The topological polar surface area (TPSA) is 82.5 Å². The molecule has 1 aromatic heterocycles. The second-order valence-corrected chi connectivity index (χ2v) is 4.50. The Morgan fingerprint density at radius 3 is 2.83 bits per heavy atom. The number of hydrogen-bond donors (Lipinski definition) is 2. The first-order valence-electron chi connectivity index (χ1n) is 5.76. The van der Waals surface area contributed by atoms with Gasteiger partial charge in [-0.25, -0.2) is 4.79 Å². The van der Waals surface area contributed by atoms with Crippen LogP contribution in [0.1, 0.15) is 6.92 Å². The Morgan fingerprint density at radius 2 is 2.28 bits per heavy atom. The number of hydrogen-bond acceptors (Lipinski definition) is 3. The van der Waals surface area contributed by atoms with Crippen molar-refractivity contribution in [1.29, 1.82) is 0 Å². The molecular weight excluding hydrogens is 234 g/mol. The number of carboxylic acids is 1. The fourth-order valence-electron chi connectivity index (χ4n) is 2.09. The lowest BCUT2D eigenvalue weighted by atomic mass is 9.99. The largest absolute Gasteiger partial charge is 0.481 e. The first kappa shape index (κ1) is 12.3. The van der Waals surface area contributed by atoms with Crippen molar-refractivity contribution < 1.29 is 14.7 Å². The predicted molar refractivity (Wildman–Crippen MR) is 65.1 cm³/mol. The Kier molecular flexibility index (Phi) is 3.45. The number of aliphatic carboxylic acids is 1. The van der Waals surface area contributed by atoms with Gasteiger partial charge in [0.2, 0.25) is 0 Å². The number of nitrogens with zero attached hydrogens (tertiary/aromatic N) is 2. The van der Waals surface area contributed by atoms with Crippen LogP contribution in [0.15, 0.2) is 24.5 Å². The second-order valence-electron chi connectivity index (χ2n) is 4.50. The number of carbonyl (C=O) groups excluding carboxylic acids is 1. The lowest BCUT2D eigenvalue weighted by Crippen LogP contribution is -2.33. The normalized spacial score (nSPS) is 22.8. The molecule has 18 heavy (non-hydrogen) atoms. The van der Waals surface area contributed by atoms with E-state index >= 15 is 0 Å². The van der Waals surface area contributed by atoms with Crippen molar-refractivity contribution >= 4 is 17.7 Å². The fourth-order valence-corrected chi connectivity index (χ4v) is 2.09. The van der Waals surface area contributed by atoms with E-state index in [0.717, 1.165) is 0 Å². The van der Waals surface area contributed by atoms with Gasteiger partial charge in [-0.05, 0) is 18.1 Å². The molecule has 1 aromatic rings. The molecule has 2 unspecified atom stereocenters. The maximum absolute atomic E-state index is 11.9. The highest BCUT2D eigenvalue weighted by Gasteiger charge is 2.36. The highest BCUT2D eigenvalue weighted by atomic mass is 16.4. The zero-order valence-electron chi connectivity index (χ0n) is 10.0. The Balaban J connectivity index is 1.97. The number of aromatic nitrogens is 1. The van der Waals surface area contributed by atoms with Crippen LogP contribution in [-0.2, 0) is 4.79 Å². The van der Waals surface area contributed by atoms with E-state index in [1.165, 1.54) is 4.90 Å². The molecule has 0 aliphatic carbocycles. The molecule has 0 aromatic carbocycles. The van der Waals surface area contributed by atoms with E-state index in [1.54, 1.807) is 24.5 Å². The van der Waals surface area contributed by atoms with Gasteiger partial charge < -0.3 is 15.3 Å². The van der Waals surface area contributed by atoms with Crippen molar-refractivity contribution in [1.82, 2.24) is 9.88 Å². The SMILES string of the molecule is CC1CN(C(=O)Nc2cccnc2)CC1C(=O)O. The van der Waals surface area contributed by atoms with Crippen LogP contribution < -0.4 is 5.32 Å². The summed E-state index contributed by atoms with van der Waals surface area (Å²) in [6.07, 6.45) is 3.17. The van der Waals surface area contributed by atoms with Crippen molar-refractivity contribution in [2.24, 2.45) is 11.8 Å². The van der Waals surface area contributed by atoms with Crippen LogP contribution in [0.2, 0.25) is 0 Å². The van der Waals surface area contributed by atoms with E-state index in [9.17, 15) is 9.59 Å². The molecule has 96 valence electrons. The van der Waals surface area contributed by atoms with Crippen molar-refractivity contribution in [3.05, 3.63) is 24.5 Å². The number of carbonyl (C=O) groups is 2. The Labute approximate surface area is 105 Å². The van der Waals surface area contributed by atoms with Crippen LogP contribution in [0, 0.1) is 11.8 Å². The van der Waals surface area contributed by atoms with Gasteiger partial charge in [0.1, 0.15) is 0 Å². The number of carboxylic acid groups (broad SMARTS) is 1. The van der Waals surface area contributed by atoms with Crippen LogP contribution in [0.4, 0.5) is 10.5 Å². The number of urea groups is 1. The molecule has 1 fully saturated rings. The number of amides is 2. The predicted octanol–water partition coefficient (Wildman–Crippen LogP) is 1.27. The highest BCUT2D eigenvalue weighted by molar-refractivity contribution is 5.89. The number of pyridine rings is 1. The van der Waals surface area contributed by atoms with E-state index in [2.05, 4.69) is 10.3 Å². The molecule has 0 bridgehead atoms. The van der Waals surface area contributed by atoms with Gasteiger partial charge >= 0.3 is 12.0 Å². The summed E-state index contributed by atoms with van der Waals surface area (Å²) in [7, 11) is 0. The summed E-state index contributed by atoms with van der Waals surface area (Å²) in [5.41, 5.74) is 0.605. The molecule has 2 rings (SSSR count). The molecule has 0 spiro atoms. The lowest BCUT2D eigenvalue weighted by molar-refractivity contribution is -0.142. The van der Waals surface area contributed by atoms with Crippen LogP contribution in [0.5, 0.6) is 0 Å². The number of nitrogens with one attached hydrogen (secondary N) is 1. The summed E-state index contributed by atoms with van der Waals surface area (Å²) in [5, 5.41) is 11.7. The van der Waals surface area contributed by atoms with Crippen molar-refractivity contribution in [3.8, 4) is 0 Å². The Bertz CT molecular complexity index is 449. The molecule has 6 nitrogen and oxygen atoms in total. The minimum Gasteiger partial charge on any atom is -0.481 e. The van der Waals surface area contributed by atoms with Gasteiger partial charge in [0.05, 0.1) is 17.8 Å². The molecule has 1 aliphatic heterocycles. The molecule has 1 aliphatic rings. The van der Waals surface area contributed by atoms with Gasteiger partial charge in [0.25, 0.3) is 0 Å². The van der Waals surface area contributed by atoms with Gasteiger partial charge in [-0.15, -0.1) is 0 Å². The Hall–Kier alpha value is -2.11. The summed E-state index contributed by atoms with van der Waals surface area (Å²) < 4.78 is 0. The first-order valence-corrected chi connectivity index (χ1v) is 5.76. The van der Waals surface area contributed by atoms with E-state index in [1.807, 2.05) is 6.92 Å². The van der Waals surface area contributed by atoms with Gasteiger partial charge in [-0.1, -0.05) is 6.92 Å². The summed E-state index contributed by atoms with van der Waals surface area (Å²) in [6.45, 7) is 2.56. The molecular formula is C12H15N3O3. The number of anilines is 1. The third kappa shape index (κ3) is 2.58. The summed E-state index contributed by atoms with van der Waals surface area (Å²) in [4.78, 5) is 28.3. The summed E-state index contributed by atoms with van der Waals surface area (Å²) >= 11 is 0. The quantitative estimate of drug-likeness (QED) is 0.826. The Morgan fingerprint density at radius 1 is 1.50 bits per heavy atom. The average molecular weight is 249 g/mol. The summed E-state index contributed by atoms with van der Waals surface area (Å²) in [6, 6.07) is 3.18. The van der Waals surface area contributed by atoms with Gasteiger partial charge in [-0.3, -0.25) is 9.78 Å². The first-order chi connectivity index (χ1) is 8.58. The van der Waals surface area contributed by atoms with Crippen LogP contribution in [0.3, 0.4) is 0 Å². The minimum atomic E-state index is -0.848. The molecule has 0 radical (unpaired) electrons. The third-order valence-corrected chi connectivity index (χ3v) is 3.13. The van der Waals surface area contributed by atoms with E-state index in [4.69, 9.17) is 5.11 Å². The number of rotatable bonds is 2. The van der Waals surface area contributed by atoms with Crippen LogP contribution in [-0.4, -0.2) is 40.1 Å². The third-order valence-electron chi connectivity index (χ3n) is 3.13. The lowest BCUT2D eigenvalue weighted by Gasteiger charge is -2.16. The fraction of sp³-hybridized carbons (Fsp3) is 0.417. The molecule has 2 heterocycles. The van der Waals surface area contributed by atoms with Crippen molar-refractivity contribution in [3.63, 3.8) is 0 Å². The molecule has 0 saturated carbocycles. The molecule has 2 amide bonds. The smallest absolute Gasteiger partial charge is 0.321 e. The maximum atomic E-state index is 11.9. The molecule has 1 saturated heterocycles. The van der Waals surface area contributed by atoms with Gasteiger partial charge in [-0.2, -0.15) is 0 Å². The molecule has 2 N–H and O–H groups in total. The second kappa shape index (κ2) is 5.03. The van der Waals surface area contributed by atoms with Gasteiger partial charge in [0.15, 0.2) is 0 Å². The zero-order valence-corrected chi connectivity index (χ0v) is 10.0. The average Bonchev–Trinajstić information content (AvgIpc) is 2.73. The molecule has 2 atom stereocenters. The van der Waals surface area contributed by atoms with Crippen molar-refractivity contribution in [2.75, 3.05) is 18.4 Å². The van der Waals surface area contributed by atoms with Crippen molar-refractivity contribution in [2.45, 2.75) is 6.92 Å². The minimum absolute atomic E-state index is 0.0258. The number of likely N-dealkylation sites (tertiary alicyclic amines) is 1. The van der Waals surface area contributed by atoms with Crippen LogP contribution >= 0.6 is 0 Å².